The van der Waals surface area contributed by atoms with Crippen LogP contribution >= 0.6 is 0 Å². The number of benzene rings is 1. The number of hydrogen-bond donors (Lipinski definition) is 2. The zero-order valence-electron chi connectivity index (χ0n) is 9.51. The van der Waals surface area contributed by atoms with E-state index in [4.69, 9.17) is 5.11 Å². The smallest absolute Gasteiger partial charge is 0.303 e. The number of nitrogens with one attached hydrogen (secondary N) is 1. The van der Waals surface area contributed by atoms with Crippen LogP contribution in [0, 0.1) is 0 Å². The molecule has 0 aliphatic carbocycles. The Hall–Kier alpha value is -1.56. The molecule has 6 heteroatoms. The van der Waals surface area contributed by atoms with Crippen molar-refractivity contribution in [2.75, 3.05) is 10.5 Å². The van der Waals surface area contributed by atoms with Crippen molar-refractivity contribution >= 4 is 21.7 Å². The van der Waals surface area contributed by atoms with Gasteiger partial charge in [-0.05, 0) is 31.0 Å². The summed E-state index contributed by atoms with van der Waals surface area (Å²) in [6.45, 7) is 1.56. The summed E-state index contributed by atoms with van der Waals surface area (Å²) in [6, 6.07) is 6.70. The predicted octanol–water partition coefficient (Wildman–Crippen LogP) is 1.47. The first kappa shape index (κ1) is 13.5. The lowest BCUT2D eigenvalue weighted by Gasteiger charge is -2.06. The summed E-state index contributed by atoms with van der Waals surface area (Å²) >= 11 is 0. The van der Waals surface area contributed by atoms with E-state index in [0.717, 1.165) is 5.56 Å². The Balaban J connectivity index is 2.65. The van der Waals surface area contributed by atoms with Gasteiger partial charge in [0.05, 0.1) is 5.75 Å². The van der Waals surface area contributed by atoms with Gasteiger partial charge in [-0.15, -0.1) is 0 Å². The quantitative estimate of drug-likeness (QED) is 0.808. The van der Waals surface area contributed by atoms with E-state index >= 15 is 0 Å². The maximum atomic E-state index is 11.3. The molecule has 0 bridgehead atoms. The van der Waals surface area contributed by atoms with Crippen LogP contribution in [0.25, 0.3) is 0 Å². The van der Waals surface area contributed by atoms with Gasteiger partial charge in [0.1, 0.15) is 0 Å². The largest absolute Gasteiger partial charge is 0.481 e. The summed E-state index contributed by atoms with van der Waals surface area (Å²) in [5.41, 5.74) is 1.36. The van der Waals surface area contributed by atoms with Crippen molar-refractivity contribution in [1.29, 1.82) is 0 Å². The lowest BCUT2D eigenvalue weighted by atomic mass is 10.1. The van der Waals surface area contributed by atoms with Gasteiger partial charge in [0.15, 0.2) is 0 Å². The Morgan fingerprint density at radius 1 is 1.29 bits per heavy atom. The maximum absolute atomic E-state index is 11.3. The standard InChI is InChI=1S/C11H15NO4S/c1-2-17(15,16)12-10-6-3-9(4-7-10)5-8-11(13)14/h3-4,6-7,12H,2,5,8H2,1H3,(H,13,14). The zero-order valence-corrected chi connectivity index (χ0v) is 10.3. The van der Waals surface area contributed by atoms with Crippen LogP contribution in [-0.4, -0.2) is 25.2 Å². The third kappa shape index (κ3) is 4.86. The molecule has 5 nitrogen and oxygen atoms in total. The van der Waals surface area contributed by atoms with Gasteiger partial charge in [-0.25, -0.2) is 8.42 Å². The summed E-state index contributed by atoms with van der Waals surface area (Å²) in [6.07, 6.45) is 0.510. The van der Waals surface area contributed by atoms with E-state index in [-0.39, 0.29) is 12.2 Å². The van der Waals surface area contributed by atoms with E-state index in [1.165, 1.54) is 0 Å². The number of sulfonamides is 1. The van der Waals surface area contributed by atoms with Crippen molar-refractivity contribution in [2.45, 2.75) is 19.8 Å². The van der Waals surface area contributed by atoms with Crippen LogP contribution < -0.4 is 4.72 Å². The van der Waals surface area contributed by atoms with Crippen molar-refractivity contribution in [3.05, 3.63) is 29.8 Å². The molecule has 0 fully saturated rings. The van der Waals surface area contributed by atoms with E-state index < -0.39 is 16.0 Å². The first-order chi connectivity index (χ1) is 7.93. The molecule has 0 amide bonds. The minimum Gasteiger partial charge on any atom is -0.481 e. The van der Waals surface area contributed by atoms with Crippen LogP contribution in [0.2, 0.25) is 0 Å². The van der Waals surface area contributed by atoms with Crippen LogP contribution in [0.15, 0.2) is 24.3 Å². The molecule has 0 heterocycles. The van der Waals surface area contributed by atoms with Crippen LogP contribution in [0.1, 0.15) is 18.9 Å². The molecule has 0 aliphatic rings. The van der Waals surface area contributed by atoms with E-state index in [1.807, 2.05) is 0 Å². The molecule has 0 spiro atoms. The number of carbonyl (C=O) groups is 1. The van der Waals surface area contributed by atoms with E-state index in [0.29, 0.717) is 12.1 Å². The van der Waals surface area contributed by atoms with Crippen LogP contribution in [0.5, 0.6) is 0 Å². The highest BCUT2D eigenvalue weighted by atomic mass is 32.2. The molecule has 1 aromatic carbocycles. The van der Waals surface area contributed by atoms with Gasteiger partial charge in [0, 0.05) is 12.1 Å². The molecule has 0 unspecified atom stereocenters. The van der Waals surface area contributed by atoms with Crippen molar-refractivity contribution in [3.63, 3.8) is 0 Å². The van der Waals surface area contributed by atoms with Gasteiger partial charge in [-0.2, -0.15) is 0 Å². The van der Waals surface area contributed by atoms with Crippen molar-refractivity contribution in [1.82, 2.24) is 0 Å². The van der Waals surface area contributed by atoms with Crippen molar-refractivity contribution in [3.8, 4) is 0 Å². The predicted molar refractivity (Wildman–Crippen MR) is 65.5 cm³/mol. The second-order valence-electron chi connectivity index (χ2n) is 3.60. The number of carboxylic acids is 1. The van der Waals surface area contributed by atoms with Gasteiger partial charge in [-0.1, -0.05) is 12.1 Å². The van der Waals surface area contributed by atoms with Gasteiger partial charge < -0.3 is 5.11 Å². The highest BCUT2D eigenvalue weighted by Gasteiger charge is 2.06. The van der Waals surface area contributed by atoms with Gasteiger partial charge in [0.2, 0.25) is 10.0 Å². The molecule has 0 atom stereocenters. The number of aryl methyl sites for hydroxylation is 1. The molecular weight excluding hydrogens is 242 g/mol. The maximum Gasteiger partial charge on any atom is 0.303 e. The minimum atomic E-state index is -3.26. The Kier molecular flexibility index (Phi) is 4.51. The van der Waals surface area contributed by atoms with E-state index in [9.17, 15) is 13.2 Å². The summed E-state index contributed by atoms with van der Waals surface area (Å²) in [7, 11) is -3.26. The first-order valence-corrected chi connectivity index (χ1v) is 6.89. The molecule has 0 aliphatic heterocycles. The number of rotatable bonds is 6. The fourth-order valence-electron chi connectivity index (χ4n) is 1.24. The highest BCUT2D eigenvalue weighted by molar-refractivity contribution is 7.92. The average molecular weight is 257 g/mol. The second kappa shape index (κ2) is 5.67. The number of anilines is 1. The summed E-state index contributed by atoms with van der Waals surface area (Å²) in [4.78, 5) is 10.4. The normalized spacial score (nSPS) is 11.1. The Morgan fingerprint density at radius 3 is 2.35 bits per heavy atom. The second-order valence-corrected chi connectivity index (χ2v) is 5.61. The first-order valence-electron chi connectivity index (χ1n) is 5.24. The topological polar surface area (TPSA) is 83.5 Å². The van der Waals surface area contributed by atoms with Gasteiger partial charge >= 0.3 is 5.97 Å². The molecule has 0 saturated carbocycles. The minimum absolute atomic E-state index is 0.0216. The SMILES string of the molecule is CCS(=O)(=O)Nc1ccc(CCC(=O)O)cc1. The molecule has 1 rings (SSSR count). The summed E-state index contributed by atoms with van der Waals surface area (Å²) in [5.74, 6) is -0.825. The van der Waals surface area contributed by atoms with Crippen LogP contribution in [0.3, 0.4) is 0 Å². The van der Waals surface area contributed by atoms with Crippen molar-refractivity contribution < 1.29 is 18.3 Å². The molecule has 17 heavy (non-hydrogen) atoms. The molecule has 0 saturated heterocycles. The van der Waals surface area contributed by atoms with E-state index in [2.05, 4.69) is 4.72 Å². The van der Waals surface area contributed by atoms with Gasteiger partial charge in [0.25, 0.3) is 0 Å². The molecule has 94 valence electrons. The zero-order chi connectivity index (χ0) is 12.9. The van der Waals surface area contributed by atoms with Crippen LogP contribution in [-0.2, 0) is 21.2 Å². The molecule has 0 radical (unpaired) electrons. The van der Waals surface area contributed by atoms with Crippen LogP contribution in [0.4, 0.5) is 5.69 Å². The number of aliphatic carboxylic acids is 1. The molecule has 1 aromatic rings. The fourth-order valence-corrected chi connectivity index (χ4v) is 1.88. The Morgan fingerprint density at radius 2 is 1.88 bits per heavy atom. The lowest BCUT2D eigenvalue weighted by molar-refractivity contribution is -0.136. The summed E-state index contributed by atoms with van der Waals surface area (Å²) < 4.78 is 25.0. The third-order valence-electron chi connectivity index (χ3n) is 2.23. The number of carboxylic acid groups (broad SMARTS) is 1. The Bertz CT molecular complexity index is 479. The number of hydrogen-bond acceptors (Lipinski definition) is 3. The van der Waals surface area contributed by atoms with E-state index in [1.54, 1.807) is 31.2 Å². The third-order valence-corrected chi connectivity index (χ3v) is 3.54. The monoisotopic (exact) mass is 257 g/mol. The molecular formula is C11H15NO4S. The fraction of sp³-hybridized carbons (Fsp3) is 0.364. The van der Waals surface area contributed by atoms with Crippen molar-refractivity contribution in [2.24, 2.45) is 0 Å². The lowest BCUT2D eigenvalue weighted by Crippen LogP contribution is -2.14. The van der Waals surface area contributed by atoms with Gasteiger partial charge in [-0.3, -0.25) is 9.52 Å². The summed E-state index contributed by atoms with van der Waals surface area (Å²) in [5, 5.41) is 8.52. The molecule has 0 aromatic heterocycles. The molecule has 2 N–H and O–H groups in total. The Labute approximate surface area is 101 Å². The highest BCUT2D eigenvalue weighted by Crippen LogP contribution is 2.12. The average Bonchev–Trinajstić information content (AvgIpc) is 2.28.